The molecule has 0 saturated heterocycles. The second kappa shape index (κ2) is 13.7. The summed E-state index contributed by atoms with van der Waals surface area (Å²) in [5.41, 5.74) is 0.457. The fraction of sp³-hybridized carbons (Fsp3) is 0.310. The Morgan fingerprint density at radius 3 is 2.17 bits per heavy atom. The number of hydrogen-bond acceptors (Lipinski definition) is 4. The lowest BCUT2D eigenvalue weighted by Gasteiger charge is -2.33. The highest BCUT2D eigenvalue weighted by molar-refractivity contribution is 7.92. The van der Waals surface area contributed by atoms with Crippen LogP contribution >= 0.6 is 46.4 Å². The van der Waals surface area contributed by atoms with Crippen LogP contribution in [0.5, 0.6) is 0 Å². The minimum absolute atomic E-state index is 0.0195. The fourth-order valence-electron chi connectivity index (χ4n) is 4.74. The molecular weight excluding hydrogens is 628 g/mol. The van der Waals surface area contributed by atoms with Crippen LogP contribution in [0.15, 0.2) is 71.6 Å². The number of amides is 2. The zero-order chi connectivity index (χ0) is 29.7. The predicted octanol–water partition coefficient (Wildman–Crippen LogP) is 6.97. The number of benzene rings is 3. The van der Waals surface area contributed by atoms with Gasteiger partial charge in [0.2, 0.25) is 11.8 Å². The van der Waals surface area contributed by atoms with Gasteiger partial charge in [-0.1, -0.05) is 83.5 Å². The van der Waals surface area contributed by atoms with E-state index in [4.69, 9.17) is 46.4 Å². The highest BCUT2D eigenvalue weighted by Gasteiger charge is 2.34. The normalized spacial score (nSPS) is 14.5. The molecule has 3 aromatic carbocycles. The molecule has 1 atom stereocenters. The van der Waals surface area contributed by atoms with E-state index in [9.17, 15) is 18.0 Å². The number of nitrogens with one attached hydrogen (secondary N) is 1. The van der Waals surface area contributed by atoms with Crippen molar-refractivity contribution in [1.82, 2.24) is 10.2 Å². The van der Waals surface area contributed by atoms with E-state index in [1.54, 1.807) is 43.3 Å². The largest absolute Gasteiger partial charge is 0.352 e. The van der Waals surface area contributed by atoms with Gasteiger partial charge in [0.1, 0.15) is 12.6 Å². The smallest absolute Gasteiger partial charge is 0.264 e. The van der Waals surface area contributed by atoms with Crippen molar-refractivity contribution >= 4 is 73.9 Å². The monoisotopic (exact) mass is 655 g/mol. The van der Waals surface area contributed by atoms with Crippen LogP contribution in [-0.2, 0) is 26.2 Å². The van der Waals surface area contributed by atoms with Crippen molar-refractivity contribution in [2.75, 3.05) is 10.8 Å². The molecule has 7 nitrogen and oxygen atoms in total. The molecule has 0 heterocycles. The lowest BCUT2D eigenvalue weighted by molar-refractivity contribution is -0.139. The Bertz CT molecular complexity index is 1500. The van der Waals surface area contributed by atoms with Gasteiger partial charge in [-0.2, -0.15) is 0 Å². The Kier molecular flexibility index (Phi) is 10.5. The first kappa shape index (κ1) is 31.4. The minimum Gasteiger partial charge on any atom is -0.352 e. The summed E-state index contributed by atoms with van der Waals surface area (Å²) >= 11 is 25.5. The molecule has 0 spiro atoms. The first-order valence-electron chi connectivity index (χ1n) is 13.0. The van der Waals surface area contributed by atoms with Gasteiger partial charge in [0.15, 0.2) is 0 Å². The number of hydrogen-bond donors (Lipinski definition) is 1. The second-order valence-electron chi connectivity index (χ2n) is 9.81. The topological polar surface area (TPSA) is 86.8 Å². The third-order valence-electron chi connectivity index (χ3n) is 7.05. The van der Waals surface area contributed by atoms with E-state index in [0.29, 0.717) is 15.6 Å². The Balaban J connectivity index is 1.74. The Morgan fingerprint density at radius 2 is 1.54 bits per heavy atom. The maximum Gasteiger partial charge on any atom is 0.264 e. The van der Waals surface area contributed by atoms with Gasteiger partial charge in [-0.25, -0.2) is 8.42 Å². The van der Waals surface area contributed by atoms with Gasteiger partial charge in [-0.05, 0) is 62.2 Å². The molecule has 1 aliphatic carbocycles. The van der Waals surface area contributed by atoms with Crippen LogP contribution in [0.3, 0.4) is 0 Å². The van der Waals surface area contributed by atoms with E-state index in [2.05, 4.69) is 5.32 Å². The van der Waals surface area contributed by atoms with Crippen LogP contribution in [0.2, 0.25) is 20.1 Å². The summed E-state index contributed by atoms with van der Waals surface area (Å²) in [6.07, 6.45) is 3.76. The molecule has 0 bridgehead atoms. The molecule has 1 saturated carbocycles. The molecule has 0 aromatic heterocycles. The van der Waals surface area contributed by atoms with Crippen molar-refractivity contribution in [3.8, 4) is 0 Å². The summed E-state index contributed by atoms with van der Waals surface area (Å²) in [7, 11) is -4.29. The van der Waals surface area contributed by atoms with Crippen LogP contribution < -0.4 is 9.62 Å². The van der Waals surface area contributed by atoms with E-state index in [1.165, 1.54) is 35.2 Å². The van der Waals surface area contributed by atoms with Gasteiger partial charge < -0.3 is 10.2 Å². The van der Waals surface area contributed by atoms with E-state index < -0.39 is 28.5 Å². The lowest BCUT2D eigenvalue weighted by Crippen LogP contribution is -2.52. The van der Waals surface area contributed by atoms with Crippen LogP contribution in [0.25, 0.3) is 0 Å². The molecule has 41 heavy (non-hydrogen) atoms. The number of anilines is 1. The van der Waals surface area contributed by atoms with Gasteiger partial charge in [-0.3, -0.25) is 13.9 Å². The molecule has 1 fully saturated rings. The van der Waals surface area contributed by atoms with Crippen LogP contribution in [0, 0.1) is 0 Å². The van der Waals surface area contributed by atoms with E-state index >= 15 is 0 Å². The van der Waals surface area contributed by atoms with Crippen molar-refractivity contribution < 1.29 is 18.0 Å². The molecule has 3 aromatic rings. The summed E-state index contributed by atoms with van der Waals surface area (Å²) < 4.78 is 28.7. The highest BCUT2D eigenvalue weighted by atomic mass is 35.5. The third-order valence-corrected chi connectivity index (χ3v) is 10.1. The summed E-state index contributed by atoms with van der Waals surface area (Å²) in [5.74, 6) is -1.02. The van der Waals surface area contributed by atoms with Gasteiger partial charge in [0.05, 0.1) is 15.6 Å². The fourth-order valence-corrected chi connectivity index (χ4v) is 7.14. The Morgan fingerprint density at radius 1 is 0.902 bits per heavy atom. The SMILES string of the molecule is CC(C(=O)NC1CCCC1)N(Cc1c(Cl)cccc1Cl)C(=O)CN(c1cc(Cl)ccc1Cl)S(=O)(=O)c1ccccc1. The van der Waals surface area contributed by atoms with Crippen molar-refractivity contribution in [3.63, 3.8) is 0 Å². The second-order valence-corrected chi connectivity index (χ2v) is 13.3. The van der Waals surface area contributed by atoms with Gasteiger partial charge in [-0.15, -0.1) is 0 Å². The quantitative estimate of drug-likeness (QED) is 0.255. The highest BCUT2D eigenvalue weighted by Crippen LogP contribution is 2.34. The van der Waals surface area contributed by atoms with Crippen LogP contribution in [0.4, 0.5) is 5.69 Å². The maximum atomic E-state index is 14.1. The summed E-state index contributed by atoms with van der Waals surface area (Å²) in [5, 5.41) is 3.95. The van der Waals surface area contributed by atoms with Crippen molar-refractivity contribution in [2.24, 2.45) is 0 Å². The molecule has 0 aliphatic heterocycles. The molecular formula is C29H29Cl4N3O4S. The van der Waals surface area contributed by atoms with Crippen LogP contribution in [0.1, 0.15) is 38.2 Å². The Hall–Kier alpha value is -2.49. The summed E-state index contributed by atoms with van der Waals surface area (Å²) in [6, 6.07) is 16.0. The maximum absolute atomic E-state index is 14.1. The summed E-state index contributed by atoms with van der Waals surface area (Å²) in [6.45, 7) is 0.800. The van der Waals surface area contributed by atoms with E-state index in [1.807, 2.05) is 0 Å². The van der Waals surface area contributed by atoms with Crippen molar-refractivity contribution in [1.29, 1.82) is 0 Å². The number of halogens is 4. The molecule has 12 heteroatoms. The third kappa shape index (κ3) is 7.48. The average Bonchev–Trinajstić information content (AvgIpc) is 3.46. The Labute approximate surface area is 260 Å². The molecule has 1 N–H and O–H groups in total. The molecule has 1 unspecified atom stereocenters. The van der Waals surface area contributed by atoms with E-state index in [0.717, 1.165) is 30.0 Å². The molecule has 2 amide bonds. The minimum atomic E-state index is -4.29. The van der Waals surface area contributed by atoms with Gasteiger partial charge in [0.25, 0.3) is 10.0 Å². The van der Waals surface area contributed by atoms with Crippen LogP contribution in [-0.4, -0.2) is 43.8 Å². The first-order valence-corrected chi connectivity index (χ1v) is 16.0. The number of carbonyl (C=O) groups is 2. The molecule has 1 aliphatic rings. The first-order chi connectivity index (χ1) is 19.5. The lowest BCUT2D eigenvalue weighted by atomic mass is 10.1. The van der Waals surface area contributed by atoms with Gasteiger partial charge >= 0.3 is 0 Å². The summed E-state index contributed by atoms with van der Waals surface area (Å²) in [4.78, 5) is 28.7. The molecule has 218 valence electrons. The number of sulfonamides is 1. The van der Waals surface area contributed by atoms with Crippen molar-refractivity contribution in [3.05, 3.63) is 92.4 Å². The van der Waals surface area contributed by atoms with Crippen molar-refractivity contribution in [2.45, 2.75) is 56.1 Å². The number of nitrogens with zero attached hydrogens (tertiary/aromatic N) is 2. The zero-order valence-corrected chi connectivity index (χ0v) is 26.0. The molecule has 4 rings (SSSR count). The standard InChI is InChI=1S/C29H29Cl4N3O4S/c1-19(29(38)34-21-8-5-6-9-21)35(17-23-24(31)12-7-13-25(23)32)28(37)18-36(27-16-20(30)14-15-26(27)33)41(39,40)22-10-3-2-4-11-22/h2-4,7,10-16,19,21H,5-6,8-9,17-18H2,1H3,(H,34,38). The average molecular weight is 657 g/mol. The number of rotatable bonds is 10. The van der Waals surface area contributed by atoms with Gasteiger partial charge in [0, 0.05) is 33.2 Å². The van der Waals surface area contributed by atoms with E-state index in [-0.39, 0.29) is 39.1 Å². The molecule has 0 radical (unpaired) electrons. The predicted molar refractivity (Wildman–Crippen MR) is 164 cm³/mol. The zero-order valence-electron chi connectivity index (χ0n) is 22.2. The number of carbonyl (C=O) groups excluding carboxylic acids is 2.